The van der Waals surface area contributed by atoms with Crippen LogP contribution in [0.3, 0.4) is 0 Å². The molecular formula is C18H26N4O6S2. The number of carboxylic acids is 1. The molecule has 4 atom stereocenters. The van der Waals surface area contributed by atoms with Crippen molar-refractivity contribution in [2.45, 2.75) is 37.5 Å². The van der Waals surface area contributed by atoms with Crippen molar-refractivity contribution in [3.05, 3.63) is 29.8 Å². The van der Waals surface area contributed by atoms with Crippen molar-refractivity contribution in [3.63, 3.8) is 0 Å². The molecule has 4 unspecified atom stereocenters. The second-order valence-electron chi connectivity index (χ2n) is 6.55. The van der Waals surface area contributed by atoms with E-state index in [1.807, 2.05) is 0 Å². The zero-order valence-corrected chi connectivity index (χ0v) is 18.0. The normalized spacial score (nSPS) is 14.7. The van der Waals surface area contributed by atoms with Gasteiger partial charge in [-0.2, -0.15) is 25.3 Å². The lowest BCUT2D eigenvalue weighted by Gasteiger charge is -2.24. The Labute approximate surface area is 184 Å². The summed E-state index contributed by atoms with van der Waals surface area (Å²) in [6.07, 6.45) is 0.0112. The summed E-state index contributed by atoms with van der Waals surface area (Å²) in [5, 5.41) is 25.8. The molecule has 0 aliphatic carbocycles. The molecule has 0 saturated carbocycles. The van der Waals surface area contributed by atoms with Crippen LogP contribution in [0, 0.1) is 0 Å². The second kappa shape index (κ2) is 12.3. The first-order valence-electron chi connectivity index (χ1n) is 8.98. The molecule has 12 heteroatoms. The number of thiol groups is 2. The van der Waals surface area contributed by atoms with Gasteiger partial charge in [-0.15, -0.1) is 0 Å². The maximum absolute atomic E-state index is 12.7. The summed E-state index contributed by atoms with van der Waals surface area (Å²) in [5.74, 6) is -3.43. The van der Waals surface area contributed by atoms with Gasteiger partial charge in [0.25, 0.3) is 0 Å². The van der Waals surface area contributed by atoms with E-state index >= 15 is 0 Å². The fourth-order valence-electron chi connectivity index (χ4n) is 2.30. The smallest absolute Gasteiger partial charge is 0.327 e. The van der Waals surface area contributed by atoms with Gasteiger partial charge in [-0.1, -0.05) is 12.1 Å². The van der Waals surface area contributed by atoms with Crippen LogP contribution in [0.2, 0.25) is 0 Å². The summed E-state index contributed by atoms with van der Waals surface area (Å²) >= 11 is 7.95. The van der Waals surface area contributed by atoms with Crippen LogP contribution < -0.4 is 21.7 Å². The van der Waals surface area contributed by atoms with E-state index in [4.69, 9.17) is 10.8 Å². The molecule has 0 saturated heterocycles. The van der Waals surface area contributed by atoms with E-state index in [9.17, 15) is 24.3 Å². The molecule has 1 aromatic carbocycles. The molecule has 0 aromatic heterocycles. The van der Waals surface area contributed by atoms with Crippen molar-refractivity contribution in [2.24, 2.45) is 5.73 Å². The van der Waals surface area contributed by atoms with Crippen LogP contribution in [0.5, 0.6) is 5.75 Å². The lowest BCUT2D eigenvalue weighted by atomic mass is 10.0. The molecule has 0 aliphatic heterocycles. The molecule has 166 valence electrons. The highest BCUT2D eigenvalue weighted by Gasteiger charge is 2.29. The zero-order valence-electron chi connectivity index (χ0n) is 16.2. The minimum absolute atomic E-state index is 0.0112. The van der Waals surface area contributed by atoms with E-state index in [-0.39, 0.29) is 23.7 Å². The summed E-state index contributed by atoms with van der Waals surface area (Å²) in [7, 11) is 0. The zero-order chi connectivity index (χ0) is 22.8. The number of carbonyl (C=O) groups excluding carboxylic acids is 3. The van der Waals surface area contributed by atoms with E-state index in [1.165, 1.54) is 19.1 Å². The van der Waals surface area contributed by atoms with E-state index in [0.717, 1.165) is 0 Å². The highest BCUT2D eigenvalue weighted by atomic mass is 32.1. The Bertz CT molecular complexity index is 760. The van der Waals surface area contributed by atoms with Crippen LogP contribution in [0.4, 0.5) is 0 Å². The Morgan fingerprint density at radius 2 is 1.37 bits per heavy atom. The van der Waals surface area contributed by atoms with Gasteiger partial charge in [-0.25, -0.2) is 4.79 Å². The van der Waals surface area contributed by atoms with E-state index < -0.39 is 47.9 Å². The Balaban J connectivity index is 3.01. The van der Waals surface area contributed by atoms with E-state index in [0.29, 0.717) is 5.56 Å². The molecule has 3 amide bonds. The number of carboxylic acid groups (broad SMARTS) is 1. The third-order valence-electron chi connectivity index (χ3n) is 4.04. The topological polar surface area (TPSA) is 171 Å². The Kier molecular flexibility index (Phi) is 10.5. The highest BCUT2D eigenvalue weighted by molar-refractivity contribution is 7.80. The standard InChI is InChI=1S/C18H26N4O6S2/c1-9(19)15(24)21-13(7-29)17(26)20-12(6-10-2-4-11(23)5-3-10)16(25)22-14(8-30)18(27)28/h2-5,9,12-14,23,29-30H,6-8,19H2,1H3,(H,20,26)(H,21,24)(H,22,25)(H,27,28). The van der Waals surface area contributed by atoms with Crippen LogP contribution in [-0.2, 0) is 25.6 Å². The van der Waals surface area contributed by atoms with Gasteiger partial charge in [-0.05, 0) is 24.6 Å². The number of rotatable bonds is 11. The van der Waals surface area contributed by atoms with Crippen LogP contribution in [0.25, 0.3) is 0 Å². The molecule has 30 heavy (non-hydrogen) atoms. The average Bonchev–Trinajstić information content (AvgIpc) is 2.70. The molecule has 0 radical (unpaired) electrons. The second-order valence-corrected chi connectivity index (χ2v) is 7.28. The number of amides is 3. The monoisotopic (exact) mass is 458 g/mol. The molecule has 0 spiro atoms. The molecule has 1 rings (SSSR count). The SMILES string of the molecule is CC(N)C(=O)NC(CS)C(=O)NC(Cc1ccc(O)cc1)C(=O)NC(CS)C(=O)O. The average molecular weight is 459 g/mol. The number of nitrogens with two attached hydrogens (primary N) is 1. The van der Waals surface area contributed by atoms with Gasteiger partial charge in [0, 0.05) is 17.9 Å². The summed E-state index contributed by atoms with van der Waals surface area (Å²) in [5.41, 5.74) is 6.09. The minimum Gasteiger partial charge on any atom is -0.508 e. The van der Waals surface area contributed by atoms with Crippen molar-refractivity contribution < 1.29 is 29.4 Å². The van der Waals surface area contributed by atoms with Crippen molar-refractivity contribution in [1.29, 1.82) is 0 Å². The van der Waals surface area contributed by atoms with Gasteiger partial charge in [0.15, 0.2) is 0 Å². The van der Waals surface area contributed by atoms with Crippen LogP contribution in [-0.4, -0.2) is 69.6 Å². The number of aliphatic carboxylic acids is 1. The maximum atomic E-state index is 12.7. The predicted molar refractivity (Wildman–Crippen MR) is 117 cm³/mol. The summed E-state index contributed by atoms with van der Waals surface area (Å²) < 4.78 is 0. The first kappa shape index (κ1) is 25.6. The van der Waals surface area contributed by atoms with Crippen molar-refractivity contribution in [2.75, 3.05) is 11.5 Å². The first-order chi connectivity index (χ1) is 14.1. The van der Waals surface area contributed by atoms with Crippen molar-refractivity contribution in [3.8, 4) is 5.75 Å². The van der Waals surface area contributed by atoms with Crippen LogP contribution in [0.15, 0.2) is 24.3 Å². The number of phenols is 1. The Hall–Kier alpha value is -2.44. The molecule has 0 heterocycles. The molecule has 0 bridgehead atoms. The maximum Gasteiger partial charge on any atom is 0.327 e. The largest absolute Gasteiger partial charge is 0.508 e. The fourth-order valence-corrected chi connectivity index (χ4v) is 2.81. The Morgan fingerprint density at radius 3 is 1.83 bits per heavy atom. The lowest BCUT2D eigenvalue weighted by Crippen LogP contribution is -2.58. The van der Waals surface area contributed by atoms with Gasteiger partial charge < -0.3 is 31.9 Å². The first-order valence-corrected chi connectivity index (χ1v) is 10.2. The van der Waals surface area contributed by atoms with Gasteiger partial charge in [0.05, 0.1) is 6.04 Å². The number of phenolic OH excluding ortho intramolecular Hbond substituents is 1. The quantitative estimate of drug-likeness (QED) is 0.190. The number of hydrogen-bond acceptors (Lipinski definition) is 8. The van der Waals surface area contributed by atoms with E-state index in [2.05, 4.69) is 41.2 Å². The Morgan fingerprint density at radius 1 is 0.900 bits per heavy atom. The number of carbonyl (C=O) groups is 4. The molecule has 10 nitrogen and oxygen atoms in total. The fraction of sp³-hybridized carbons (Fsp3) is 0.444. The van der Waals surface area contributed by atoms with Crippen molar-refractivity contribution >= 4 is 48.9 Å². The molecule has 7 N–H and O–H groups in total. The van der Waals surface area contributed by atoms with Gasteiger partial charge in [0.2, 0.25) is 17.7 Å². The summed E-state index contributed by atoms with van der Waals surface area (Å²) in [6.45, 7) is 1.45. The molecule has 1 aromatic rings. The molecule has 0 fully saturated rings. The number of nitrogens with one attached hydrogen (secondary N) is 3. The van der Waals surface area contributed by atoms with E-state index in [1.54, 1.807) is 12.1 Å². The number of benzene rings is 1. The number of hydrogen-bond donors (Lipinski definition) is 8. The number of aromatic hydroxyl groups is 1. The lowest BCUT2D eigenvalue weighted by molar-refractivity contribution is -0.141. The van der Waals surface area contributed by atoms with Gasteiger partial charge >= 0.3 is 5.97 Å². The third kappa shape index (κ3) is 8.13. The summed E-state index contributed by atoms with van der Waals surface area (Å²) in [6, 6.07) is 1.65. The van der Waals surface area contributed by atoms with Crippen LogP contribution in [0.1, 0.15) is 12.5 Å². The summed E-state index contributed by atoms with van der Waals surface area (Å²) in [4.78, 5) is 48.3. The highest BCUT2D eigenvalue weighted by Crippen LogP contribution is 2.12. The minimum atomic E-state index is -1.27. The molecule has 0 aliphatic rings. The van der Waals surface area contributed by atoms with Crippen LogP contribution >= 0.6 is 25.3 Å². The van der Waals surface area contributed by atoms with Gasteiger partial charge in [-0.3, -0.25) is 14.4 Å². The third-order valence-corrected chi connectivity index (χ3v) is 4.77. The predicted octanol–water partition coefficient (Wildman–Crippen LogP) is -1.32. The molecular weight excluding hydrogens is 432 g/mol. The van der Waals surface area contributed by atoms with Gasteiger partial charge in [0.1, 0.15) is 23.9 Å². The van der Waals surface area contributed by atoms with Crippen molar-refractivity contribution in [1.82, 2.24) is 16.0 Å².